The highest BCUT2D eigenvalue weighted by molar-refractivity contribution is 6.28. The van der Waals surface area contributed by atoms with Crippen molar-refractivity contribution in [2.75, 3.05) is 18.0 Å². The smallest absolute Gasteiger partial charge is 0.224 e. The predicted octanol–water partition coefficient (Wildman–Crippen LogP) is 3.91. The van der Waals surface area contributed by atoms with Crippen LogP contribution in [0.3, 0.4) is 0 Å². The first kappa shape index (κ1) is 13.1. The van der Waals surface area contributed by atoms with Gasteiger partial charge in [-0.1, -0.05) is 25.5 Å². The number of unbranched alkanes of at least 4 members (excludes halogenated alkanes) is 1. The minimum atomic E-state index is 0.318. The summed E-state index contributed by atoms with van der Waals surface area (Å²) in [7, 11) is 0. The highest BCUT2D eigenvalue weighted by Crippen LogP contribution is 2.25. The van der Waals surface area contributed by atoms with E-state index in [1.165, 1.54) is 6.42 Å². The Hall–Kier alpha value is -1.35. The lowest BCUT2D eigenvalue weighted by Crippen LogP contribution is -2.25. The molecular formula is C14H18ClN3. The number of para-hydroxylation sites is 1. The number of fused-ring (bicyclic) bond motifs is 1. The van der Waals surface area contributed by atoms with Crippen LogP contribution in [-0.4, -0.2) is 23.1 Å². The summed E-state index contributed by atoms with van der Waals surface area (Å²) in [5.41, 5.74) is 0.905. The molecule has 2 rings (SSSR count). The van der Waals surface area contributed by atoms with E-state index in [1.54, 1.807) is 0 Å². The molecule has 0 bridgehead atoms. The molecule has 1 aromatic heterocycles. The van der Waals surface area contributed by atoms with Crippen LogP contribution in [0.2, 0.25) is 5.28 Å². The predicted molar refractivity (Wildman–Crippen MR) is 77.3 cm³/mol. The number of hydrogen-bond acceptors (Lipinski definition) is 3. The van der Waals surface area contributed by atoms with Crippen molar-refractivity contribution in [3.63, 3.8) is 0 Å². The molecule has 0 saturated carbocycles. The Bertz CT molecular complexity index is 527. The van der Waals surface area contributed by atoms with Crippen molar-refractivity contribution in [2.45, 2.75) is 26.7 Å². The molecule has 0 spiro atoms. The van der Waals surface area contributed by atoms with Crippen LogP contribution in [0, 0.1) is 0 Å². The molecule has 1 heterocycles. The van der Waals surface area contributed by atoms with Gasteiger partial charge in [-0.15, -0.1) is 0 Å². The summed E-state index contributed by atoms with van der Waals surface area (Å²) in [6, 6.07) is 8.00. The monoisotopic (exact) mass is 263 g/mol. The highest BCUT2D eigenvalue weighted by Gasteiger charge is 2.11. The van der Waals surface area contributed by atoms with E-state index in [1.807, 2.05) is 18.2 Å². The molecule has 2 aromatic rings. The van der Waals surface area contributed by atoms with E-state index in [0.29, 0.717) is 5.28 Å². The molecule has 1 aromatic carbocycles. The quantitative estimate of drug-likeness (QED) is 0.766. The van der Waals surface area contributed by atoms with E-state index >= 15 is 0 Å². The Morgan fingerprint density at radius 2 is 1.94 bits per heavy atom. The van der Waals surface area contributed by atoms with E-state index < -0.39 is 0 Å². The van der Waals surface area contributed by atoms with Gasteiger partial charge in [0.05, 0.1) is 5.52 Å². The van der Waals surface area contributed by atoms with Gasteiger partial charge < -0.3 is 4.90 Å². The Morgan fingerprint density at radius 3 is 2.67 bits per heavy atom. The van der Waals surface area contributed by atoms with Crippen LogP contribution in [0.5, 0.6) is 0 Å². The average molecular weight is 264 g/mol. The zero-order valence-electron chi connectivity index (χ0n) is 10.9. The van der Waals surface area contributed by atoms with Gasteiger partial charge in [-0.3, -0.25) is 0 Å². The van der Waals surface area contributed by atoms with Crippen molar-refractivity contribution < 1.29 is 0 Å². The zero-order chi connectivity index (χ0) is 13.0. The van der Waals surface area contributed by atoms with Crippen molar-refractivity contribution >= 4 is 28.3 Å². The molecule has 0 atom stereocenters. The topological polar surface area (TPSA) is 29.0 Å². The van der Waals surface area contributed by atoms with Crippen LogP contribution in [-0.2, 0) is 0 Å². The van der Waals surface area contributed by atoms with Gasteiger partial charge in [-0.05, 0) is 37.1 Å². The fourth-order valence-corrected chi connectivity index (χ4v) is 2.21. The number of rotatable bonds is 5. The SMILES string of the molecule is CCCCN(CC)c1nc(Cl)nc2ccccc12. The summed E-state index contributed by atoms with van der Waals surface area (Å²) in [4.78, 5) is 10.9. The Kier molecular flexibility index (Phi) is 4.37. The van der Waals surface area contributed by atoms with E-state index in [-0.39, 0.29) is 0 Å². The summed E-state index contributed by atoms with van der Waals surface area (Å²) in [5, 5.41) is 1.39. The largest absolute Gasteiger partial charge is 0.356 e. The molecule has 0 aliphatic rings. The van der Waals surface area contributed by atoms with Gasteiger partial charge in [0.15, 0.2) is 0 Å². The normalized spacial score (nSPS) is 10.8. The molecule has 0 unspecified atom stereocenters. The number of anilines is 1. The van der Waals surface area contributed by atoms with Gasteiger partial charge in [0.2, 0.25) is 5.28 Å². The summed E-state index contributed by atoms with van der Waals surface area (Å²) >= 11 is 6.01. The fraction of sp³-hybridized carbons (Fsp3) is 0.429. The molecule has 0 fully saturated rings. The summed E-state index contributed by atoms with van der Waals surface area (Å²) in [6.07, 6.45) is 2.33. The zero-order valence-corrected chi connectivity index (χ0v) is 11.6. The molecule has 96 valence electrons. The first-order chi connectivity index (χ1) is 8.76. The summed E-state index contributed by atoms with van der Waals surface area (Å²) in [5.74, 6) is 0.946. The number of aromatic nitrogens is 2. The molecule has 18 heavy (non-hydrogen) atoms. The third kappa shape index (κ3) is 2.72. The molecule has 0 aliphatic carbocycles. The molecule has 4 heteroatoms. The summed E-state index contributed by atoms with van der Waals surface area (Å²) in [6.45, 7) is 6.26. The number of halogens is 1. The highest BCUT2D eigenvalue weighted by atomic mass is 35.5. The number of hydrogen-bond donors (Lipinski definition) is 0. The minimum absolute atomic E-state index is 0.318. The van der Waals surface area contributed by atoms with Gasteiger partial charge >= 0.3 is 0 Å². The fourth-order valence-electron chi connectivity index (χ4n) is 2.04. The average Bonchev–Trinajstić information content (AvgIpc) is 2.39. The van der Waals surface area contributed by atoms with Crippen molar-refractivity contribution in [2.24, 2.45) is 0 Å². The molecule has 0 N–H and O–H groups in total. The van der Waals surface area contributed by atoms with Crippen molar-refractivity contribution in [3.05, 3.63) is 29.5 Å². The number of nitrogens with zero attached hydrogens (tertiary/aromatic N) is 3. The molecule has 0 amide bonds. The maximum atomic E-state index is 6.01. The second kappa shape index (κ2) is 6.01. The van der Waals surface area contributed by atoms with E-state index in [4.69, 9.17) is 11.6 Å². The Morgan fingerprint density at radius 1 is 1.17 bits per heavy atom. The van der Waals surface area contributed by atoms with Crippen molar-refractivity contribution in [3.8, 4) is 0 Å². The van der Waals surface area contributed by atoms with Gasteiger partial charge in [0.25, 0.3) is 0 Å². The van der Waals surface area contributed by atoms with Crippen molar-refractivity contribution in [1.82, 2.24) is 9.97 Å². The van der Waals surface area contributed by atoms with Crippen molar-refractivity contribution in [1.29, 1.82) is 0 Å². The van der Waals surface area contributed by atoms with E-state index in [2.05, 4.69) is 34.8 Å². The van der Waals surface area contributed by atoms with Gasteiger partial charge in [-0.25, -0.2) is 4.98 Å². The lowest BCUT2D eigenvalue weighted by molar-refractivity contribution is 0.726. The van der Waals surface area contributed by atoms with Gasteiger partial charge in [0.1, 0.15) is 5.82 Å². The second-order valence-corrected chi connectivity index (χ2v) is 4.60. The second-order valence-electron chi connectivity index (χ2n) is 4.27. The standard InChI is InChI=1S/C14H18ClN3/c1-3-5-10-18(4-2)13-11-8-6-7-9-12(11)16-14(15)17-13/h6-9H,3-5,10H2,1-2H3. The van der Waals surface area contributed by atoms with Crippen LogP contribution < -0.4 is 4.90 Å². The van der Waals surface area contributed by atoms with E-state index in [9.17, 15) is 0 Å². The van der Waals surface area contributed by atoms with E-state index in [0.717, 1.165) is 36.2 Å². The Labute approximate surface area is 113 Å². The van der Waals surface area contributed by atoms with Crippen LogP contribution >= 0.6 is 11.6 Å². The first-order valence-electron chi connectivity index (χ1n) is 6.43. The maximum Gasteiger partial charge on any atom is 0.224 e. The molecular weight excluding hydrogens is 246 g/mol. The third-order valence-electron chi connectivity index (χ3n) is 3.02. The number of benzene rings is 1. The van der Waals surface area contributed by atoms with Crippen LogP contribution in [0.15, 0.2) is 24.3 Å². The van der Waals surface area contributed by atoms with Crippen LogP contribution in [0.25, 0.3) is 10.9 Å². The lowest BCUT2D eigenvalue weighted by Gasteiger charge is -2.23. The van der Waals surface area contributed by atoms with Gasteiger partial charge in [0, 0.05) is 18.5 Å². The first-order valence-corrected chi connectivity index (χ1v) is 6.81. The lowest BCUT2D eigenvalue weighted by atomic mass is 10.2. The maximum absolute atomic E-state index is 6.01. The minimum Gasteiger partial charge on any atom is -0.356 e. The molecule has 0 aliphatic heterocycles. The third-order valence-corrected chi connectivity index (χ3v) is 3.19. The van der Waals surface area contributed by atoms with Crippen LogP contribution in [0.4, 0.5) is 5.82 Å². The van der Waals surface area contributed by atoms with Gasteiger partial charge in [-0.2, -0.15) is 4.98 Å². The molecule has 0 saturated heterocycles. The molecule has 0 radical (unpaired) electrons. The Balaban J connectivity index is 2.47. The van der Waals surface area contributed by atoms with Crippen LogP contribution in [0.1, 0.15) is 26.7 Å². The summed E-state index contributed by atoms with van der Waals surface area (Å²) < 4.78 is 0. The molecule has 3 nitrogen and oxygen atoms in total.